The number of halogens is 1. The summed E-state index contributed by atoms with van der Waals surface area (Å²) in [5.74, 6) is 2.68. The molecule has 12 nitrogen and oxygen atoms in total. The molecule has 2 heterocycles. The molecule has 0 aliphatic carbocycles. The van der Waals surface area contributed by atoms with Gasteiger partial charge in [-0.25, -0.2) is 0 Å². The van der Waals surface area contributed by atoms with Crippen LogP contribution in [0.15, 0.2) is 303 Å². The number of rotatable bonds is 14. The van der Waals surface area contributed by atoms with E-state index < -0.39 is 0 Å². The Morgan fingerprint density at radius 3 is 0.671 bits per heavy atom. The van der Waals surface area contributed by atoms with Crippen molar-refractivity contribution in [2.45, 2.75) is 0 Å². The zero-order chi connectivity index (χ0) is 53.9. The molecule has 0 unspecified atom stereocenters. The lowest BCUT2D eigenvalue weighted by Crippen LogP contribution is -2.19. The molecule has 12 rings (SSSR count). The van der Waals surface area contributed by atoms with Gasteiger partial charge < -0.3 is 9.84 Å². The number of para-hydroxylation sites is 10. The van der Waals surface area contributed by atoms with Gasteiger partial charge >= 0.3 is 6.01 Å². The SMILES string of the molecule is Clc1nc(N(c2ccccc2)c2ccccc2)nc(N(c2ccccc2)c2ccccc2)n1.Oc1ccccc1.c1ccc(Oc2nc(N(c3ccccc3)c3ccccc3)nc(N(c3ccccc3)c3ccccc3)n2)cc1. The Kier molecular flexibility index (Phi) is 17.2. The van der Waals surface area contributed by atoms with Crippen LogP contribution >= 0.6 is 11.6 Å². The molecule has 79 heavy (non-hydrogen) atoms. The first-order chi connectivity index (χ1) is 39.0. The second-order valence-electron chi connectivity index (χ2n) is 17.2. The lowest BCUT2D eigenvalue weighted by atomic mass is 10.2. The molecule has 0 fully saturated rings. The number of aromatic nitrogens is 6. The van der Waals surface area contributed by atoms with Crippen molar-refractivity contribution in [3.63, 3.8) is 0 Å². The first-order valence-electron chi connectivity index (χ1n) is 25.3. The van der Waals surface area contributed by atoms with Crippen LogP contribution in [0.5, 0.6) is 17.5 Å². The quantitative estimate of drug-likeness (QED) is 0.112. The zero-order valence-electron chi connectivity index (χ0n) is 42.6. The maximum atomic E-state index is 8.63. The van der Waals surface area contributed by atoms with E-state index in [4.69, 9.17) is 41.4 Å². The number of hydrogen-bond donors (Lipinski definition) is 1. The summed E-state index contributed by atoms with van der Waals surface area (Å²) in [5, 5.41) is 8.75. The van der Waals surface area contributed by atoms with Gasteiger partial charge in [-0.15, -0.1) is 0 Å². The third kappa shape index (κ3) is 13.6. The first kappa shape index (κ1) is 51.8. The molecule has 0 saturated carbocycles. The third-order valence-corrected chi connectivity index (χ3v) is 12.0. The van der Waals surface area contributed by atoms with Crippen LogP contribution in [0.4, 0.5) is 69.3 Å². The number of phenols is 1. The van der Waals surface area contributed by atoms with Crippen molar-refractivity contribution in [2.24, 2.45) is 0 Å². The standard InChI is InChI=1S/C33H25N5O.C27H20ClN5.C6H6O/c1-6-16-26(17-7-1)37(27-18-8-2-9-19-27)31-34-32(36-33(35-31)39-30-24-14-5-15-25-30)38(28-20-10-3-11-21-28)29-22-12-4-13-23-29;28-25-29-26(32(21-13-5-1-6-14-21)22-15-7-2-8-16-22)31-27(30-25)33(23-17-9-3-10-18-23)24-19-11-4-12-20-24;7-6-4-2-1-3-5-6/h1-25H;1-20H;1-5,7H. The summed E-state index contributed by atoms with van der Waals surface area (Å²) in [5.41, 5.74) is 7.33. The van der Waals surface area contributed by atoms with E-state index in [1.165, 1.54) is 0 Å². The monoisotopic (exact) mass is 1050 g/mol. The van der Waals surface area contributed by atoms with Gasteiger partial charge in [-0.1, -0.05) is 182 Å². The minimum Gasteiger partial charge on any atom is -0.508 e. The highest BCUT2D eigenvalue weighted by atomic mass is 35.5. The van der Waals surface area contributed by atoms with Gasteiger partial charge in [0, 0.05) is 45.5 Å². The Labute approximate surface area is 464 Å². The van der Waals surface area contributed by atoms with Crippen molar-refractivity contribution < 1.29 is 9.84 Å². The van der Waals surface area contributed by atoms with Crippen LogP contribution in [0.2, 0.25) is 5.28 Å². The van der Waals surface area contributed by atoms with E-state index in [0.717, 1.165) is 45.5 Å². The molecule has 12 aromatic rings. The minimum absolute atomic E-state index is 0.115. The highest BCUT2D eigenvalue weighted by molar-refractivity contribution is 6.28. The number of phenolic OH excluding ortho intramolecular Hbond substituents is 1. The zero-order valence-corrected chi connectivity index (χ0v) is 43.3. The highest BCUT2D eigenvalue weighted by Gasteiger charge is 2.24. The molecule has 0 radical (unpaired) electrons. The van der Waals surface area contributed by atoms with Crippen LogP contribution in [0.3, 0.4) is 0 Å². The summed E-state index contributed by atoms with van der Waals surface area (Å²) < 4.78 is 6.19. The lowest BCUT2D eigenvalue weighted by Gasteiger charge is -2.27. The van der Waals surface area contributed by atoms with Crippen molar-refractivity contribution in [1.82, 2.24) is 29.9 Å². The number of nitrogens with zero attached hydrogens (tertiary/aromatic N) is 10. The molecule has 0 amide bonds. The molecule has 0 atom stereocenters. The van der Waals surface area contributed by atoms with E-state index in [-0.39, 0.29) is 11.3 Å². The van der Waals surface area contributed by atoms with Gasteiger partial charge in [0.25, 0.3) is 0 Å². The molecule has 0 aliphatic heterocycles. The van der Waals surface area contributed by atoms with Crippen molar-refractivity contribution in [3.05, 3.63) is 309 Å². The molecular formula is C66H51ClN10O2. The minimum atomic E-state index is 0.115. The van der Waals surface area contributed by atoms with Crippen LogP contribution in [0.1, 0.15) is 0 Å². The van der Waals surface area contributed by atoms with E-state index in [2.05, 4.69) is 9.97 Å². The highest BCUT2D eigenvalue weighted by Crippen LogP contribution is 2.39. The predicted octanol–water partition coefficient (Wildman–Crippen LogP) is 17.5. The van der Waals surface area contributed by atoms with E-state index in [1.54, 1.807) is 24.3 Å². The van der Waals surface area contributed by atoms with Crippen LogP contribution in [-0.4, -0.2) is 35.0 Å². The Morgan fingerprint density at radius 1 is 0.253 bits per heavy atom. The van der Waals surface area contributed by atoms with Crippen LogP contribution in [0, 0.1) is 0 Å². The molecular weight excluding hydrogens is 1000 g/mol. The first-order valence-corrected chi connectivity index (χ1v) is 25.7. The molecule has 0 spiro atoms. The maximum absolute atomic E-state index is 8.63. The normalized spacial score (nSPS) is 10.4. The van der Waals surface area contributed by atoms with E-state index in [1.807, 2.05) is 299 Å². The third-order valence-electron chi connectivity index (χ3n) is 11.8. The molecule has 2 aromatic heterocycles. The van der Waals surface area contributed by atoms with Gasteiger partial charge in [0.1, 0.15) is 11.5 Å². The Balaban J connectivity index is 0.000000160. The maximum Gasteiger partial charge on any atom is 0.328 e. The summed E-state index contributed by atoms with van der Waals surface area (Å²) in [6.45, 7) is 0. The largest absolute Gasteiger partial charge is 0.508 e. The molecule has 13 heteroatoms. The number of benzene rings is 10. The molecule has 384 valence electrons. The Hall–Kier alpha value is -10.7. The van der Waals surface area contributed by atoms with Crippen LogP contribution in [-0.2, 0) is 0 Å². The van der Waals surface area contributed by atoms with Gasteiger partial charge in [0.2, 0.25) is 29.1 Å². The van der Waals surface area contributed by atoms with Gasteiger partial charge in [0.05, 0.1) is 0 Å². The number of aromatic hydroxyl groups is 1. The number of ether oxygens (including phenoxy) is 1. The fourth-order valence-corrected chi connectivity index (χ4v) is 8.42. The topological polar surface area (TPSA) is 120 Å². The lowest BCUT2D eigenvalue weighted by molar-refractivity contribution is 0.440. The van der Waals surface area contributed by atoms with E-state index in [0.29, 0.717) is 35.3 Å². The summed E-state index contributed by atoms with van der Waals surface area (Å²) in [6.07, 6.45) is 0. The van der Waals surface area contributed by atoms with E-state index in [9.17, 15) is 0 Å². The van der Waals surface area contributed by atoms with Crippen LogP contribution in [0.25, 0.3) is 0 Å². The molecule has 1 N–H and O–H groups in total. The molecule has 0 saturated heterocycles. The fraction of sp³-hybridized carbons (Fsp3) is 0. The van der Waals surface area contributed by atoms with E-state index >= 15 is 0 Å². The van der Waals surface area contributed by atoms with Gasteiger partial charge in [-0.2, -0.15) is 29.9 Å². The summed E-state index contributed by atoms with van der Waals surface area (Å²) in [7, 11) is 0. The number of hydrogen-bond acceptors (Lipinski definition) is 12. The summed E-state index contributed by atoms with van der Waals surface area (Å²) in [4.78, 5) is 36.4. The summed E-state index contributed by atoms with van der Waals surface area (Å²) in [6, 6.07) is 98.4. The van der Waals surface area contributed by atoms with Crippen molar-refractivity contribution in [2.75, 3.05) is 19.6 Å². The second-order valence-corrected chi connectivity index (χ2v) is 17.5. The molecule has 10 aromatic carbocycles. The van der Waals surface area contributed by atoms with Gasteiger partial charge in [-0.05, 0) is 133 Å². The fourth-order valence-electron chi connectivity index (χ4n) is 8.27. The Morgan fingerprint density at radius 2 is 0.456 bits per heavy atom. The smallest absolute Gasteiger partial charge is 0.328 e. The van der Waals surface area contributed by atoms with Crippen molar-refractivity contribution in [1.29, 1.82) is 0 Å². The number of anilines is 12. The molecule has 0 aliphatic rings. The molecule has 0 bridgehead atoms. The average molecular weight is 1050 g/mol. The average Bonchev–Trinajstić information content (AvgIpc) is 3.58. The second kappa shape index (κ2) is 26.2. The van der Waals surface area contributed by atoms with Crippen LogP contribution < -0.4 is 24.3 Å². The van der Waals surface area contributed by atoms with Crippen molar-refractivity contribution in [3.8, 4) is 17.5 Å². The Bertz CT molecular complexity index is 3360. The van der Waals surface area contributed by atoms with Crippen molar-refractivity contribution >= 4 is 80.9 Å². The van der Waals surface area contributed by atoms with Gasteiger partial charge in [-0.3, -0.25) is 19.6 Å². The van der Waals surface area contributed by atoms with Gasteiger partial charge in [0.15, 0.2) is 0 Å². The predicted molar refractivity (Wildman–Crippen MR) is 318 cm³/mol. The summed E-state index contributed by atoms with van der Waals surface area (Å²) >= 11 is 6.47.